The largest absolute Gasteiger partial charge is 0.472 e. The van der Waals surface area contributed by atoms with E-state index in [4.69, 9.17) is 37.0 Å². The zero-order chi connectivity index (χ0) is 72.1. The first-order valence-corrected chi connectivity index (χ1v) is 44.0. The first kappa shape index (κ1) is 96.1. The molecule has 0 amide bonds. The monoisotopic (exact) mass is 1440 g/mol. The molecule has 98 heavy (non-hydrogen) atoms. The number of carbonyl (C=O) groups is 4. The van der Waals surface area contributed by atoms with E-state index >= 15 is 0 Å². The second-order valence-corrected chi connectivity index (χ2v) is 32.3. The summed E-state index contributed by atoms with van der Waals surface area (Å²) < 4.78 is 68.6. The molecule has 0 aliphatic carbocycles. The molecule has 0 radical (unpaired) electrons. The van der Waals surface area contributed by atoms with Crippen molar-refractivity contribution in [2.45, 2.75) is 432 Å². The molecule has 0 bridgehead atoms. The van der Waals surface area contributed by atoms with Gasteiger partial charge >= 0.3 is 39.5 Å². The van der Waals surface area contributed by atoms with Crippen LogP contribution in [0, 0.1) is 11.8 Å². The van der Waals surface area contributed by atoms with Gasteiger partial charge in [0.05, 0.1) is 26.4 Å². The highest BCUT2D eigenvalue weighted by atomic mass is 31.2. The molecule has 0 heterocycles. The van der Waals surface area contributed by atoms with Crippen molar-refractivity contribution in [2.24, 2.45) is 11.8 Å². The van der Waals surface area contributed by atoms with Gasteiger partial charge in [0.1, 0.15) is 19.3 Å². The maximum absolute atomic E-state index is 13.1. The SMILES string of the molecule is CCCCCCCCCCCCCCCCCCCCCCC(=O)O[C@H](COC(=O)CCCCCCCCCCCCCCCCCCC)COP(=O)(O)OC[C@@H](O)COP(=O)(O)OC[C@@H](COC(=O)CCCCCCCCC(C)C)OC(=O)CCCCCCCCCCCC(C)C. The second-order valence-electron chi connectivity index (χ2n) is 29.4. The molecule has 0 fully saturated rings. The van der Waals surface area contributed by atoms with Gasteiger partial charge in [0.2, 0.25) is 0 Å². The molecule has 2 unspecified atom stereocenters. The van der Waals surface area contributed by atoms with E-state index in [2.05, 4.69) is 41.5 Å². The molecule has 0 aromatic rings. The third kappa shape index (κ3) is 72.4. The molecule has 0 rings (SSSR count). The lowest BCUT2D eigenvalue weighted by molar-refractivity contribution is -0.161. The summed E-state index contributed by atoms with van der Waals surface area (Å²) in [5.74, 6) is -0.699. The van der Waals surface area contributed by atoms with Crippen molar-refractivity contribution in [2.75, 3.05) is 39.6 Å². The highest BCUT2D eigenvalue weighted by molar-refractivity contribution is 7.47. The molecule has 0 aliphatic rings. The van der Waals surface area contributed by atoms with Crippen LogP contribution in [-0.2, 0) is 65.4 Å². The van der Waals surface area contributed by atoms with E-state index in [0.29, 0.717) is 31.6 Å². The molecule has 0 aliphatic heterocycles. The van der Waals surface area contributed by atoms with Crippen LogP contribution in [0.1, 0.15) is 414 Å². The van der Waals surface area contributed by atoms with Gasteiger partial charge in [-0.15, -0.1) is 0 Å². The fourth-order valence-corrected chi connectivity index (χ4v) is 13.8. The maximum Gasteiger partial charge on any atom is 0.472 e. The van der Waals surface area contributed by atoms with Crippen LogP contribution in [0.25, 0.3) is 0 Å². The Balaban J connectivity index is 5.21. The standard InChI is InChI=1S/C79H154O17P2/c1-7-9-11-13-15-17-19-21-23-25-26-27-29-31-33-35-39-43-51-57-63-78(83)95-74(67-89-76(81)61-55-49-42-38-34-32-30-28-24-22-20-18-16-14-12-10-8-2)69-93-97(85,86)91-65-73(80)66-92-98(87,88)94-70-75(68-90-77(82)62-56-50-46-45-48-54-60-72(5)6)96-79(84)64-58-52-44-40-36-37-41-47-53-59-71(3)4/h71-75,80H,7-70H2,1-6H3,(H,85,86)(H,87,88)/t73-,74-,75-/m1/s1. The second kappa shape index (κ2) is 70.7. The number of rotatable bonds is 78. The minimum atomic E-state index is -4.96. The normalized spacial score (nSPS) is 13.9. The summed E-state index contributed by atoms with van der Waals surface area (Å²) in [5, 5.41) is 10.6. The van der Waals surface area contributed by atoms with Crippen LogP contribution in [0.2, 0.25) is 0 Å². The topological polar surface area (TPSA) is 237 Å². The van der Waals surface area contributed by atoms with Crippen molar-refractivity contribution in [3.63, 3.8) is 0 Å². The number of aliphatic hydroxyl groups is 1. The lowest BCUT2D eigenvalue weighted by Gasteiger charge is -2.21. The van der Waals surface area contributed by atoms with Crippen LogP contribution in [0.15, 0.2) is 0 Å². The number of carbonyl (C=O) groups excluding carboxylic acids is 4. The van der Waals surface area contributed by atoms with E-state index in [9.17, 15) is 43.2 Å². The number of hydrogen-bond acceptors (Lipinski definition) is 15. The third-order valence-corrected chi connectivity index (χ3v) is 20.4. The Hall–Kier alpha value is -1.94. The smallest absolute Gasteiger partial charge is 0.462 e. The van der Waals surface area contributed by atoms with Crippen molar-refractivity contribution in [1.82, 2.24) is 0 Å². The van der Waals surface area contributed by atoms with Gasteiger partial charge in [-0.2, -0.15) is 0 Å². The number of phosphoric ester groups is 2. The van der Waals surface area contributed by atoms with E-state index in [1.54, 1.807) is 0 Å². The molecule has 3 N–H and O–H groups in total. The first-order chi connectivity index (χ1) is 47.4. The summed E-state index contributed by atoms with van der Waals surface area (Å²) in [5.41, 5.74) is 0. The Morgan fingerprint density at radius 3 is 0.694 bits per heavy atom. The molecular formula is C79H154O17P2. The molecule has 17 nitrogen and oxygen atoms in total. The predicted molar refractivity (Wildman–Crippen MR) is 400 cm³/mol. The molecular weight excluding hydrogens is 1280 g/mol. The van der Waals surface area contributed by atoms with E-state index in [1.807, 2.05) is 0 Å². The van der Waals surface area contributed by atoms with Gasteiger partial charge in [-0.25, -0.2) is 9.13 Å². The van der Waals surface area contributed by atoms with Crippen LogP contribution >= 0.6 is 15.6 Å². The highest BCUT2D eigenvalue weighted by Gasteiger charge is 2.30. The van der Waals surface area contributed by atoms with Gasteiger partial charge in [-0.3, -0.25) is 37.3 Å². The van der Waals surface area contributed by atoms with Crippen LogP contribution in [-0.4, -0.2) is 96.7 Å². The summed E-state index contributed by atoms with van der Waals surface area (Å²) in [7, 11) is -9.91. The van der Waals surface area contributed by atoms with Gasteiger partial charge in [0, 0.05) is 25.7 Å². The van der Waals surface area contributed by atoms with Crippen molar-refractivity contribution in [3.05, 3.63) is 0 Å². The quantitative estimate of drug-likeness (QED) is 0.0222. The average Bonchev–Trinajstić information content (AvgIpc) is 0.947. The van der Waals surface area contributed by atoms with Crippen LogP contribution < -0.4 is 0 Å². The summed E-state index contributed by atoms with van der Waals surface area (Å²) in [6.07, 6.45) is 60.0. The number of hydrogen-bond donors (Lipinski definition) is 3. The minimum absolute atomic E-state index is 0.104. The van der Waals surface area contributed by atoms with Gasteiger partial charge in [0.15, 0.2) is 12.2 Å². The van der Waals surface area contributed by atoms with Crippen molar-refractivity contribution in [1.29, 1.82) is 0 Å². The maximum atomic E-state index is 13.1. The number of phosphoric acid groups is 2. The van der Waals surface area contributed by atoms with Gasteiger partial charge in [0.25, 0.3) is 0 Å². The van der Waals surface area contributed by atoms with Crippen LogP contribution in [0.5, 0.6) is 0 Å². The predicted octanol–water partition coefficient (Wildman–Crippen LogP) is 23.5. The van der Waals surface area contributed by atoms with E-state index in [-0.39, 0.29) is 25.7 Å². The zero-order valence-corrected chi connectivity index (χ0v) is 65.9. The average molecular weight is 1440 g/mol. The van der Waals surface area contributed by atoms with Crippen molar-refractivity contribution in [3.8, 4) is 0 Å². The zero-order valence-electron chi connectivity index (χ0n) is 64.1. The molecule has 0 saturated heterocycles. The molecule has 0 saturated carbocycles. The number of unbranched alkanes of at least 4 members (excludes halogenated alkanes) is 48. The van der Waals surface area contributed by atoms with E-state index < -0.39 is 97.5 Å². The molecule has 0 spiro atoms. The summed E-state index contributed by atoms with van der Waals surface area (Å²) in [6, 6.07) is 0. The third-order valence-electron chi connectivity index (χ3n) is 18.5. The van der Waals surface area contributed by atoms with E-state index in [0.717, 1.165) is 102 Å². The molecule has 19 heteroatoms. The van der Waals surface area contributed by atoms with Gasteiger partial charge in [-0.1, -0.05) is 363 Å². The van der Waals surface area contributed by atoms with Crippen molar-refractivity contribution >= 4 is 39.5 Å². The number of esters is 4. The molecule has 0 aromatic heterocycles. The fourth-order valence-electron chi connectivity index (χ4n) is 12.2. The number of ether oxygens (including phenoxy) is 4. The Morgan fingerprint density at radius 2 is 0.469 bits per heavy atom. The van der Waals surface area contributed by atoms with Gasteiger partial charge < -0.3 is 33.8 Å². The highest BCUT2D eigenvalue weighted by Crippen LogP contribution is 2.45. The lowest BCUT2D eigenvalue weighted by Crippen LogP contribution is -2.30. The summed E-state index contributed by atoms with van der Waals surface area (Å²) in [4.78, 5) is 72.9. The van der Waals surface area contributed by atoms with Crippen LogP contribution in [0.3, 0.4) is 0 Å². The Morgan fingerprint density at radius 1 is 0.276 bits per heavy atom. The summed E-state index contributed by atoms with van der Waals surface area (Å²) >= 11 is 0. The molecule has 5 atom stereocenters. The minimum Gasteiger partial charge on any atom is -0.462 e. The van der Waals surface area contributed by atoms with E-state index in [1.165, 1.54) is 225 Å². The summed E-state index contributed by atoms with van der Waals surface area (Å²) in [6.45, 7) is 9.51. The van der Waals surface area contributed by atoms with Gasteiger partial charge in [-0.05, 0) is 37.5 Å². The lowest BCUT2D eigenvalue weighted by atomic mass is 10.0. The van der Waals surface area contributed by atoms with Crippen molar-refractivity contribution < 1.29 is 80.2 Å². The Kier molecular flexibility index (Phi) is 69.3. The fraction of sp³-hybridized carbons (Fsp3) is 0.949. The Bertz CT molecular complexity index is 1890. The van der Waals surface area contributed by atoms with Crippen LogP contribution in [0.4, 0.5) is 0 Å². The first-order valence-electron chi connectivity index (χ1n) is 41.0. The Labute approximate surface area is 600 Å². The molecule has 582 valence electrons. The number of aliphatic hydroxyl groups excluding tert-OH is 1. The molecule has 0 aromatic carbocycles.